The van der Waals surface area contributed by atoms with E-state index in [2.05, 4.69) is 29.2 Å². The average Bonchev–Trinajstić information content (AvgIpc) is 2.16. The largest absolute Gasteiger partial charge is 0.478 e. The van der Waals surface area contributed by atoms with Crippen LogP contribution in [0.4, 0.5) is 0 Å². The Morgan fingerprint density at radius 3 is 2.71 bits per heavy atom. The Labute approximate surface area is 95.8 Å². The van der Waals surface area contributed by atoms with Crippen molar-refractivity contribution in [3.8, 4) is 0 Å². The minimum Gasteiger partial charge on any atom is -0.478 e. The second-order valence-electron chi connectivity index (χ2n) is 2.80. The van der Waals surface area contributed by atoms with Gasteiger partial charge in [0, 0.05) is 9.61 Å². The van der Waals surface area contributed by atoms with Crippen molar-refractivity contribution in [2.24, 2.45) is 5.73 Å². The summed E-state index contributed by atoms with van der Waals surface area (Å²) in [5, 5.41) is 8.74. The Hall–Kier alpha value is -0.880. The molecule has 74 valence electrons. The van der Waals surface area contributed by atoms with Gasteiger partial charge in [0.15, 0.2) is 0 Å². The predicted molar refractivity (Wildman–Crippen MR) is 63.2 cm³/mol. The number of carbonyl (C=O) groups is 1. The van der Waals surface area contributed by atoms with Crippen molar-refractivity contribution in [3.05, 3.63) is 45.6 Å². The molecule has 0 aliphatic heterocycles. The fourth-order valence-electron chi connectivity index (χ4n) is 1.06. The minimum atomic E-state index is -0.929. The second-order valence-corrected chi connectivity index (χ2v) is 3.97. The Balaban J connectivity index is 3.13. The summed E-state index contributed by atoms with van der Waals surface area (Å²) >= 11 is 2.07. The summed E-state index contributed by atoms with van der Waals surface area (Å²) in [6.07, 6.45) is 1.62. The van der Waals surface area contributed by atoms with Gasteiger partial charge in [-0.15, -0.1) is 6.58 Å². The summed E-state index contributed by atoms with van der Waals surface area (Å²) in [7, 11) is 0. The molecule has 0 unspecified atom stereocenters. The van der Waals surface area contributed by atoms with Crippen molar-refractivity contribution < 1.29 is 9.90 Å². The number of carboxylic acids is 1. The highest BCUT2D eigenvalue weighted by Gasteiger charge is 2.09. The van der Waals surface area contributed by atoms with Gasteiger partial charge in [0.1, 0.15) is 0 Å². The lowest BCUT2D eigenvalue weighted by atomic mass is 10.1. The van der Waals surface area contributed by atoms with Crippen LogP contribution in [0.3, 0.4) is 0 Å². The van der Waals surface area contributed by atoms with Gasteiger partial charge in [0.2, 0.25) is 0 Å². The molecule has 1 aromatic rings. The molecule has 14 heavy (non-hydrogen) atoms. The topological polar surface area (TPSA) is 63.3 Å². The molecule has 0 amide bonds. The second kappa shape index (κ2) is 4.56. The highest BCUT2D eigenvalue weighted by Crippen LogP contribution is 2.20. The SMILES string of the molecule is C=C[C@H](N)c1ccc(C(=O)O)cc1I. The summed E-state index contributed by atoms with van der Waals surface area (Å²) in [5.74, 6) is -0.929. The van der Waals surface area contributed by atoms with Gasteiger partial charge in [-0.3, -0.25) is 0 Å². The Kier molecular flexibility index (Phi) is 3.65. The lowest BCUT2D eigenvalue weighted by Crippen LogP contribution is -2.09. The van der Waals surface area contributed by atoms with E-state index < -0.39 is 5.97 Å². The predicted octanol–water partition coefficient (Wildman–Crippen LogP) is 2.18. The minimum absolute atomic E-state index is 0.246. The molecule has 3 nitrogen and oxygen atoms in total. The van der Waals surface area contributed by atoms with Gasteiger partial charge in [-0.2, -0.15) is 0 Å². The van der Waals surface area contributed by atoms with Gasteiger partial charge in [-0.1, -0.05) is 12.1 Å². The van der Waals surface area contributed by atoms with Crippen LogP contribution in [0.15, 0.2) is 30.9 Å². The number of hydrogen-bond donors (Lipinski definition) is 2. The smallest absolute Gasteiger partial charge is 0.335 e. The summed E-state index contributed by atoms with van der Waals surface area (Å²) in [4.78, 5) is 10.6. The first-order valence-corrected chi connectivity index (χ1v) is 5.05. The van der Waals surface area contributed by atoms with Crippen LogP contribution in [0.25, 0.3) is 0 Å². The molecule has 0 aliphatic rings. The third-order valence-electron chi connectivity index (χ3n) is 1.86. The first kappa shape index (κ1) is 11.2. The number of carboxylic acid groups (broad SMARTS) is 1. The van der Waals surface area contributed by atoms with Gasteiger partial charge in [-0.25, -0.2) is 4.79 Å². The lowest BCUT2D eigenvalue weighted by molar-refractivity contribution is 0.0697. The number of nitrogens with two attached hydrogens (primary N) is 1. The fourth-order valence-corrected chi connectivity index (χ4v) is 1.93. The van der Waals surface area contributed by atoms with Crippen molar-refractivity contribution in [1.29, 1.82) is 0 Å². The monoisotopic (exact) mass is 303 g/mol. The van der Waals surface area contributed by atoms with Gasteiger partial charge in [0.05, 0.1) is 5.56 Å². The third-order valence-corrected chi connectivity index (χ3v) is 2.79. The van der Waals surface area contributed by atoms with E-state index in [1.54, 1.807) is 24.3 Å². The van der Waals surface area contributed by atoms with Crippen LogP contribution in [0.2, 0.25) is 0 Å². The van der Waals surface area contributed by atoms with Crippen LogP contribution in [-0.2, 0) is 0 Å². The maximum atomic E-state index is 10.6. The molecule has 1 atom stereocenters. The molecule has 0 saturated heterocycles. The van der Waals surface area contributed by atoms with Gasteiger partial charge < -0.3 is 10.8 Å². The zero-order valence-electron chi connectivity index (χ0n) is 7.40. The Morgan fingerprint density at radius 2 is 2.29 bits per heavy atom. The van der Waals surface area contributed by atoms with E-state index in [9.17, 15) is 4.79 Å². The maximum absolute atomic E-state index is 10.6. The Bertz CT molecular complexity index is 376. The molecule has 0 aliphatic carbocycles. The first-order valence-electron chi connectivity index (χ1n) is 3.97. The molecule has 0 fully saturated rings. The molecule has 0 aromatic heterocycles. The lowest BCUT2D eigenvalue weighted by Gasteiger charge is -2.09. The van der Waals surface area contributed by atoms with Crippen LogP contribution in [0, 0.1) is 3.57 Å². The van der Waals surface area contributed by atoms with Crippen LogP contribution >= 0.6 is 22.6 Å². The Morgan fingerprint density at radius 1 is 1.64 bits per heavy atom. The molecule has 0 radical (unpaired) electrons. The van der Waals surface area contributed by atoms with Crippen LogP contribution < -0.4 is 5.73 Å². The van der Waals surface area contributed by atoms with Gasteiger partial charge in [0.25, 0.3) is 0 Å². The quantitative estimate of drug-likeness (QED) is 0.664. The normalized spacial score (nSPS) is 12.1. The number of benzene rings is 1. The molecular weight excluding hydrogens is 293 g/mol. The summed E-state index contributed by atoms with van der Waals surface area (Å²) in [5.41, 5.74) is 6.92. The van der Waals surface area contributed by atoms with Gasteiger partial charge >= 0.3 is 5.97 Å². The first-order chi connectivity index (χ1) is 6.56. The van der Waals surface area contributed by atoms with E-state index in [1.807, 2.05) is 0 Å². The van der Waals surface area contributed by atoms with E-state index in [-0.39, 0.29) is 11.6 Å². The summed E-state index contributed by atoms with van der Waals surface area (Å²) in [6.45, 7) is 3.59. The molecular formula is C10H10INO2. The van der Waals surface area contributed by atoms with Crippen molar-refractivity contribution in [2.45, 2.75) is 6.04 Å². The van der Waals surface area contributed by atoms with Crippen molar-refractivity contribution in [3.63, 3.8) is 0 Å². The number of hydrogen-bond acceptors (Lipinski definition) is 2. The molecule has 0 bridgehead atoms. The third kappa shape index (κ3) is 2.33. The number of halogens is 1. The molecule has 1 aromatic carbocycles. The molecule has 0 saturated carbocycles. The molecule has 3 N–H and O–H groups in total. The average molecular weight is 303 g/mol. The fraction of sp³-hybridized carbons (Fsp3) is 0.100. The summed E-state index contributed by atoms with van der Waals surface area (Å²) in [6, 6.07) is 4.62. The van der Waals surface area contributed by atoms with Crippen LogP contribution in [-0.4, -0.2) is 11.1 Å². The van der Waals surface area contributed by atoms with E-state index >= 15 is 0 Å². The van der Waals surface area contributed by atoms with Gasteiger partial charge in [-0.05, 0) is 40.3 Å². The highest BCUT2D eigenvalue weighted by atomic mass is 127. The van der Waals surface area contributed by atoms with Crippen LogP contribution in [0.1, 0.15) is 22.0 Å². The maximum Gasteiger partial charge on any atom is 0.335 e. The van der Waals surface area contributed by atoms with E-state index in [0.29, 0.717) is 0 Å². The molecule has 0 heterocycles. The van der Waals surface area contributed by atoms with Crippen LogP contribution in [0.5, 0.6) is 0 Å². The van der Waals surface area contributed by atoms with Crippen molar-refractivity contribution >= 4 is 28.6 Å². The van der Waals surface area contributed by atoms with E-state index in [1.165, 1.54) is 0 Å². The molecule has 4 heteroatoms. The van der Waals surface area contributed by atoms with Crippen molar-refractivity contribution in [1.82, 2.24) is 0 Å². The molecule has 1 rings (SSSR count). The van der Waals surface area contributed by atoms with Crippen molar-refractivity contribution in [2.75, 3.05) is 0 Å². The zero-order chi connectivity index (χ0) is 10.7. The number of rotatable bonds is 3. The number of aromatic carboxylic acids is 1. The zero-order valence-corrected chi connectivity index (χ0v) is 9.56. The van der Waals surface area contributed by atoms with E-state index in [4.69, 9.17) is 10.8 Å². The molecule has 0 spiro atoms. The highest BCUT2D eigenvalue weighted by molar-refractivity contribution is 14.1. The standard InChI is InChI=1S/C10H10INO2/c1-2-9(12)7-4-3-6(10(13)14)5-8(7)11/h2-5,9H,1,12H2,(H,13,14)/t9-/m0/s1. The van der Waals surface area contributed by atoms with E-state index in [0.717, 1.165) is 9.13 Å². The summed E-state index contributed by atoms with van der Waals surface area (Å²) < 4.78 is 0.843.